The number of benzene rings is 2. The quantitative estimate of drug-likeness (QED) is 0.275. The van der Waals surface area contributed by atoms with Crippen LogP contribution in [0.25, 0.3) is 28.7 Å². The predicted octanol–water partition coefficient (Wildman–Crippen LogP) is 6.43. The standard InChI is InChI=1S/C31H38FN3O4/c1-7-25(36)18-26(37)15-16-35-29(21-11-13-23(32)14-12-21)28(34-30(35)20(2)3)22-9-8-10-24(17-22)33-19-27(38)39-31(4,5)6/h8-17,20,26,33,37H,7,18-19H2,1-6H3/b16-15+. The van der Waals surface area contributed by atoms with E-state index < -0.39 is 11.7 Å². The Kier molecular flexibility index (Phi) is 9.81. The minimum absolute atomic E-state index is 0.00827. The lowest BCUT2D eigenvalue weighted by molar-refractivity contribution is -0.152. The number of anilines is 1. The molecule has 2 aromatic carbocycles. The highest BCUT2D eigenvalue weighted by Gasteiger charge is 2.22. The van der Waals surface area contributed by atoms with Crippen LogP contribution in [0.4, 0.5) is 10.1 Å². The van der Waals surface area contributed by atoms with Gasteiger partial charge in [0.2, 0.25) is 0 Å². The molecule has 3 rings (SSSR count). The first-order valence-corrected chi connectivity index (χ1v) is 13.2. The van der Waals surface area contributed by atoms with Gasteiger partial charge >= 0.3 is 5.97 Å². The molecule has 0 aliphatic heterocycles. The Bertz CT molecular complexity index is 1320. The van der Waals surface area contributed by atoms with Gasteiger partial charge in [0.15, 0.2) is 0 Å². The number of aliphatic hydroxyl groups is 1. The lowest BCUT2D eigenvalue weighted by Crippen LogP contribution is -2.28. The smallest absolute Gasteiger partial charge is 0.325 e. The van der Waals surface area contributed by atoms with Gasteiger partial charge in [-0.1, -0.05) is 32.9 Å². The number of hydrogen-bond donors (Lipinski definition) is 2. The maximum Gasteiger partial charge on any atom is 0.325 e. The lowest BCUT2D eigenvalue weighted by atomic mass is 10.0. The number of Topliss-reactive ketones (excluding diaryl/α,β-unsaturated/α-hetero) is 1. The normalized spacial score (nSPS) is 12.6. The van der Waals surface area contributed by atoms with Crippen LogP contribution in [0.2, 0.25) is 0 Å². The van der Waals surface area contributed by atoms with Crippen LogP contribution < -0.4 is 5.32 Å². The first kappa shape index (κ1) is 29.8. The number of hydrogen-bond acceptors (Lipinski definition) is 6. The zero-order valence-electron chi connectivity index (χ0n) is 23.5. The van der Waals surface area contributed by atoms with Crippen molar-refractivity contribution in [1.82, 2.24) is 9.55 Å². The summed E-state index contributed by atoms with van der Waals surface area (Å²) in [5, 5.41) is 13.6. The topological polar surface area (TPSA) is 93.5 Å². The van der Waals surface area contributed by atoms with Gasteiger partial charge in [-0.3, -0.25) is 9.59 Å². The highest BCUT2D eigenvalue weighted by atomic mass is 19.1. The molecule has 0 saturated heterocycles. The Labute approximate surface area is 229 Å². The first-order chi connectivity index (χ1) is 18.4. The molecule has 1 unspecified atom stereocenters. The summed E-state index contributed by atoms with van der Waals surface area (Å²) < 4.78 is 21.1. The molecular weight excluding hydrogens is 497 g/mol. The fourth-order valence-electron chi connectivity index (χ4n) is 4.05. The molecule has 3 aromatic rings. The Balaban J connectivity index is 2.07. The summed E-state index contributed by atoms with van der Waals surface area (Å²) in [6.07, 6.45) is 2.75. The number of rotatable bonds is 11. The molecule has 1 heterocycles. The monoisotopic (exact) mass is 535 g/mol. The van der Waals surface area contributed by atoms with Crippen LogP contribution in [0.5, 0.6) is 0 Å². The number of ketones is 1. The van der Waals surface area contributed by atoms with Crippen LogP contribution >= 0.6 is 0 Å². The van der Waals surface area contributed by atoms with E-state index in [0.717, 1.165) is 17.0 Å². The average molecular weight is 536 g/mol. The number of halogens is 1. The third-order valence-electron chi connectivity index (χ3n) is 5.85. The van der Waals surface area contributed by atoms with Gasteiger partial charge in [-0.25, -0.2) is 9.37 Å². The molecule has 1 aromatic heterocycles. The van der Waals surface area contributed by atoms with Crippen molar-refractivity contribution < 1.29 is 23.8 Å². The van der Waals surface area contributed by atoms with E-state index in [1.807, 2.05) is 63.5 Å². The molecule has 39 heavy (non-hydrogen) atoms. The number of nitrogens with zero attached hydrogens (tertiary/aromatic N) is 2. The van der Waals surface area contributed by atoms with Crippen molar-refractivity contribution in [2.75, 3.05) is 11.9 Å². The van der Waals surface area contributed by atoms with E-state index in [4.69, 9.17) is 9.72 Å². The second kappa shape index (κ2) is 12.8. The number of imidazole rings is 1. The van der Waals surface area contributed by atoms with Crippen molar-refractivity contribution >= 4 is 23.6 Å². The molecule has 1 atom stereocenters. The largest absolute Gasteiger partial charge is 0.459 e. The SMILES string of the molecule is CCC(=O)CC(O)/C=C/n1c(C(C)C)nc(-c2cccc(NCC(=O)OC(C)(C)C)c2)c1-c1ccc(F)cc1. The molecule has 0 aliphatic rings. The number of ether oxygens (including phenoxy) is 1. The van der Waals surface area contributed by atoms with Gasteiger partial charge in [-0.15, -0.1) is 0 Å². The average Bonchev–Trinajstić information content (AvgIpc) is 3.25. The van der Waals surface area contributed by atoms with Crippen LogP contribution in [0.1, 0.15) is 66.1 Å². The maximum atomic E-state index is 13.8. The summed E-state index contributed by atoms with van der Waals surface area (Å²) in [4.78, 5) is 29.0. The highest BCUT2D eigenvalue weighted by Crippen LogP contribution is 2.36. The number of aliphatic hydroxyl groups excluding tert-OH is 1. The first-order valence-electron chi connectivity index (χ1n) is 13.2. The maximum absolute atomic E-state index is 13.8. The van der Waals surface area contributed by atoms with Gasteiger partial charge in [0.1, 0.15) is 29.6 Å². The van der Waals surface area contributed by atoms with Crippen molar-refractivity contribution in [3.8, 4) is 22.5 Å². The van der Waals surface area contributed by atoms with Gasteiger partial charge in [0.25, 0.3) is 0 Å². The molecule has 7 nitrogen and oxygen atoms in total. The summed E-state index contributed by atoms with van der Waals surface area (Å²) in [5.41, 5.74) is 3.05. The molecule has 0 fully saturated rings. The van der Waals surface area contributed by atoms with E-state index in [9.17, 15) is 19.1 Å². The van der Waals surface area contributed by atoms with E-state index in [2.05, 4.69) is 5.32 Å². The summed E-state index contributed by atoms with van der Waals surface area (Å²) >= 11 is 0. The molecule has 0 bridgehead atoms. The number of carbonyl (C=O) groups is 2. The molecule has 208 valence electrons. The van der Waals surface area contributed by atoms with Gasteiger partial charge in [0, 0.05) is 41.8 Å². The fourth-order valence-corrected chi connectivity index (χ4v) is 4.05. The summed E-state index contributed by atoms with van der Waals surface area (Å²) in [6.45, 7) is 11.3. The van der Waals surface area contributed by atoms with Crippen molar-refractivity contribution in [1.29, 1.82) is 0 Å². The van der Waals surface area contributed by atoms with E-state index in [1.165, 1.54) is 12.1 Å². The minimum Gasteiger partial charge on any atom is -0.459 e. The third kappa shape index (κ3) is 8.35. The van der Waals surface area contributed by atoms with E-state index in [0.29, 0.717) is 23.5 Å². The van der Waals surface area contributed by atoms with Crippen LogP contribution in [0, 0.1) is 5.82 Å². The second-order valence-electron chi connectivity index (χ2n) is 10.7. The second-order valence-corrected chi connectivity index (χ2v) is 10.7. The van der Waals surface area contributed by atoms with E-state index in [1.54, 1.807) is 31.3 Å². The molecular formula is C31H38FN3O4. The Morgan fingerprint density at radius 3 is 2.44 bits per heavy atom. The molecule has 0 saturated carbocycles. The minimum atomic E-state index is -0.940. The summed E-state index contributed by atoms with van der Waals surface area (Å²) in [6, 6.07) is 13.7. The van der Waals surface area contributed by atoms with Crippen LogP contribution in [-0.4, -0.2) is 44.7 Å². The lowest BCUT2D eigenvalue weighted by Gasteiger charge is -2.19. The van der Waals surface area contributed by atoms with Crippen LogP contribution in [-0.2, 0) is 14.3 Å². The Morgan fingerprint density at radius 1 is 1.13 bits per heavy atom. The molecule has 0 amide bonds. The van der Waals surface area contributed by atoms with Gasteiger partial charge < -0.3 is 19.7 Å². The Hall–Kier alpha value is -3.78. The van der Waals surface area contributed by atoms with Gasteiger partial charge in [0.05, 0.1) is 17.5 Å². The number of aromatic nitrogens is 2. The van der Waals surface area contributed by atoms with Crippen molar-refractivity contribution in [3.63, 3.8) is 0 Å². The van der Waals surface area contributed by atoms with E-state index >= 15 is 0 Å². The number of esters is 1. The van der Waals surface area contributed by atoms with Gasteiger partial charge in [-0.05, 0) is 63.2 Å². The summed E-state index contributed by atoms with van der Waals surface area (Å²) in [5.74, 6) is 0.00793. The number of carbonyl (C=O) groups excluding carboxylic acids is 2. The molecule has 2 N–H and O–H groups in total. The van der Waals surface area contributed by atoms with Crippen molar-refractivity contribution in [2.24, 2.45) is 0 Å². The third-order valence-corrected chi connectivity index (χ3v) is 5.85. The van der Waals surface area contributed by atoms with E-state index in [-0.39, 0.29) is 36.5 Å². The zero-order valence-corrected chi connectivity index (χ0v) is 23.5. The predicted molar refractivity (Wildman–Crippen MR) is 153 cm³/mol. The molecule has 8 heteroatoms. The fraction of sp³-hybridized carbons (Fsp3) is 0.387. The highest BCUT2D eigenvalue weighted by molar-refractivity contribution is 5.83. The molecule has 0 radical (unpaired) electrons. The Morgan fingerprint density at radius 2 is 1.82 bits per heavy atom. The molecule has 0 spiro atoms. The van der Waals surface area contributed by atoms with Gasteiger partial charge in [-0.2, -0.15) is 0 Å². The number of nitrogens with one attached hydrogen (secondary N) is 1. The molecule has 0 aliphatic carbocycles. The van der Waals surface area contributed by atoms with Crippen molar-refractivity contribution in [3.05, 3.63) is 66.2 Å². The zero-order chi connectivity index (χ0) is 28.7. The van der Waals surface area contributed by atoms with Crippen LogP contribution in [0.15, 0.2) is 54.6 Å². The van der Waals surface area contributed by atoms with Crippen LogP contribution in [0.3, 0.4) is 0 Å². The summed E-state index contributed by atoms with van der Waals surface area (Å²) in [7, 11) is 0. The van der Waals surface area contributed by atoms with Crippen molar-refractivity contribution in [2.45, 2.75) is 72.0 Å².